The Balaban J connectivity index is 1.39. The van der Waals surface area contributed by atoms with E-state index in [0.717, 1.165) is 26.9 Å². The van der Waals surface area contributed by atoms with Crippen LogP contribution in [0.1, 0.15) is 16.2 Å². The van der Waals surface area contributed by atoms with E-state index in [4.69, 9.17) is 14.0 Å². The van der Waals surface area contributed by atoms with E-state index < -0.39 is 28.9 Å². The Bertz CT molecular complexity index is 1520. The zero-order valence-electron chi connectivity index (χ0n) is 17.5. The van der Waals surface area contributed by atoms with E-state index in [-0.39, 0.29) is 30.5 Å². The Morgan fingerprint density at radius 3 is 2.68 bits per heavy atom. The molecule has 0 saturated heterocycles. The van der Waals surface area contributed by atoms with E-state index in [1.807, 2.05) is 0 Å². The summed E-state index contributed by atoms with van der Waals surface area (Å²) >= 11 is 0. The van der Waals surface area contributed by atoms with Crippen LogP contribution in [0.2, 0.25) is 0 Å². The number of halogens is 1. The summed E-state index contributed by atoms with van der Waals surface area (Å²) in [7, 11) is 1.24. The van der Waals surface area contributed by atoms with Crippen LogP contribution < -0.4 is 26.0 Å². The van der Waals surface area contributed by atoms with Crippen LogP contribution in [0.5, 0.6) is 11.5 Å². The van der Waals surface area contributed by atoms with Gasteiger partial charge in [-0.15, -0.1) is 0 Å². The van der Waals surface area contributed by atoms with E-state index in [0.29, 0.717) is 11.5 Å². The van der Waals surface area contributed by atoms with E-state index >= 15 is 0 Å². The summed E-state index contributed by atoms with van der Waals surface area (Å²) in [6.07, 6.45) is 0. The van der Waals surface area contributed by atoms with Gasteiger partial charge in [0.15, 0.2) is 17.2 Å². The third-order valence-electron chi connectivity index (χ3n) is 4.97. The smallest absolute Gasteiger partial charge is 0.351 e. The van der Waals surface area contributed by atoms with Crippen LogP contribution in [-0.4, -0.2) is 37.2 Å². The Kier molecular flexibility index (Phi) is 5.12. The number of rotatable bonds is 5. The van der Waals surface area contributed by atoms with Gasteiger partial charge in [-0.05, 0) is 42.0 Å². The number of nitrogens with one attached hydrogen (secondary N) is 1. The van der Waals surface area contributed by atoms with Gasteiger partial charge in [0.05, 0.1) is 5.69 Å². The molecule has 34 heavy (non-hydrogen) atoms. The third-order valence-corrected chi connectivity index (χ3v) is 4.97. The van der Waals surface area contributed by atoms with Gasteiger partial charge in [0.2, 0.25) is 12.6 Å². The van der Waals surface area contributed by atoms with Crippen molar-refractivity contribution in [3.63, 3.8) is 0 Å². The van der Waals surface area contributed by atoms with Gasteiger partial charge in [-0.1, -0.05) is 11.2 Å². The molecule has 0 saturated carbocycles. The first-order chi connectivity index (χ1) is 16.4. The van der Waals surface area contributed by atoms with Crippen molar-refractivity contribution in [3.05, 3.63) is 80.6 Å². The molecule has 1 aliphatic rings. The molecule has 0 spiro atoms. The molecule has 1 N–H and O–H groups in total. The van der Waals surface area contributed by atoms with Crippen molar-refractivity contribution in [1.29, 1.82) is 0 Å². The maximum Gasteiger partial charge on any atom is 0.351 e. The minimum absolute atomic E-state index is 0.137. The number of amides is 1. The zero-order chi connectivity index (χ0) is 23.8. The third kappa shape index (κ3) is 3.79. The maximum atomic E-state index is 13.3. The number of carbonyl (C=O) groups is 1. The molecule has 4 aromatic rings. The van der Waals surface area contributed by atoms with Crippen LogP contribution in [0.15, 0.2) is 56.6 Å². The van der Waals surface area contributed by atoms with Crippen LogP contribution in [0.3, 0.4) is 0 Å². The van der Waals surface area contributed by atoms with Crippen molar-refractivity contribution in [2.75, 3.05) is 6.79 Å². The van der Waals surface area contributed by atoms with Gasteiger partial charge < -0.3 is 19.3 Å². The lowest BCUT2D eigenvalue weighted by Crippen LogP contribution is -2.40. The zero-order valence-corrected chi connectivity index (χ0v) is 17.5. The highest BCUT2D eigenvalue weighted by molar-refractivity contribution is 5.89. The molecule has 0 aliphatic carbocycles. The predicted molar refractivity (Wildman–Crippen MR) is 112 cm³/mol. The Morgan fingerprint density at radius 1 is 1.12 bits per heavy atom. The topological polar surface area (TPSA) is 143 Å². The molecule has 0 fully saturated rings. The number of hydrogen-bond donors (Lipinski definition) is 1. The summed E-state index contributed by atoms with van der Waals surface area (Å²) in [5.41, 5.74) is -0.917. The molecule has 0 unspecified atom stereocenters. The largest absolute Gasteiger partial charge is 0.454 e. The van der Waals surface area contributed by atoms with Crippen LogP contribution in [0.25, 0.3) is 17.2 Å². The highest BCUT2D eigenvalue weighted by atomic mass is 19.1. The van der Waals surface area contributed by atoms with Gasteiger partial charge in [-0.2, -0.15) is 14.8 Å². The van der Waals surface area contributed by atoms with Crippen molar-refractivity contribution in [2.45, 2.75) is 6.54 Å². The molecule has 2 aromatic heterocycles. The first kappa shape index (κ1) is 21.1. The average Bonchev–Trinajstić information content (AvgIpc) is 3.51. The van der Waals surface area contributed by atoms with Crippen molar-refractivity contribution >= 4 is 5.91 Å². The molecular formula is C21H15FN6O6. The summed E-state index contributed by atoms with van der Waals surface area (Å²) in [5.74, 6) is -0.682. The summed E-state index contributed by atoms with van der Waals surface area (Å²) < 4.78 is 30.5. The minimum Gasteiger partial charge on any atom is -0.454 e. The number of carbonyl (C=O) groups excluding carboxylic acids is 1. The quantitative estimate of drug-likeness (QED) is 0.451. The molecule has 3 heterocycles. The Morgan fingerprint density at radius 2 is 1.88 bits per heavy atom. The van der Waals surface area contributed by atoms with Crippen LogP contribution in [0.4, 0.5) is 4.39 Å². The number of hydrogen-bond acceptors (Lipinski definition) is 9. The number of ether oxygens (including phenoxy) is 2. The molecule has 172 valence electrons. The van der Waals surface area contributed by atoms with Gasteiger partial charge >= 0.3 is 17.5 Å². The van der Waals surface area contributed by atoms with Crippen molar-refractivity contribution < 1.29 is 23.2 Å². The van der Waals surface area contributed by atoms with E-state index in [9.17, 15) is 18.8 Å². The highest BCUT2D eigenvalue weighted by Crippen LogP contribution is 2.32. The lowest BCUT2D eigenvalue weighted by molar-refractivity contribution is 0.0907. The Labute approximate surface area is 189 Å². The van der Waals surface area contributed by atoms with Crippen LogP contribution in [-0.2, 0) is 13.6 Å². The second-order valence-corrected chi connectivity index (χ2v) is 7.18. The van der Waals surface area contributed by atoms with E-state index in [1.54, 1.807) is 18.2 Å². The fraction of sp³-hybridized carbons (Fsp3) is 0.143. The summed E-state index contributed by atoms with van der Waals surface area (Å²) in [6.45, 7) is 0.278. The minimum atomic E-state index is -0.795. The Hall–Kier alpha value is -4.81. The van der Waals surface area contributed by atoms with E-state index in [2.05, 4.69) is 20.6 Å². The molecule has 0 atom stereocenters. The molecule has 1 amide bonds. The van der Waals surface area contributed by atoms with Crippen molar-refractivity contribution in [3.8, 4) is 28.7 Å². The first-order valence-corrected chi connectivity index (χ1v) is 9.88. The summed E-state index contributed by atoms with van der Waals surface area (Å²) in [4.78, 5) is 41.5. The lowest BCUT2D eigenvalue weighted by Gasteiger charge is -2.07. The number of aromatic nitrogens is 5. The van der Waals surface area contributed by atoms with Crippen molar-refractivity contribution in [1.82, 2.24) is 29.8 Å². The predicted octanol–water partition coefficient (Wildman–Crippen LogP) is 0.779. The lowest BCUT2D eigenvalue weighted by atomic mass is 10.2. The number of fused-ring (bicyclic) bond motifs is 1. The van der Waals surface area contributed by atoms with Crippen molar-refractivity contribution in [2.24, 2.45) is 7.05 Å². The number of benzene rings is 2. The molecule has 13 heteroatoms. The normalized spacial score (nSPS) is 12.1. The second kappa shape index (κ2) is 8.27. The monoisotopic (exact) mass is 466 g/mol. The summed E-state index contributed by atoms with van der Waals surface area (Å²) in [5, 5.41) is 10.3. The van der Waals surface area contributed by atoms with Crippen LogP contribution in [0, 0.1) is 5.82 Å². The average molecular weight is 466 g/mol. The highest BCUT2D eigenvalue weighted by Gasteiger charge is 2.22. The van der Waals surface area contributed by atoms with Crippen LogP contribution >= 0.6 is 0 Å². The maximum absolute atomic E-state index is 13.3. The molecule has 0 radical (unpaired) electrons. The van der Waals surface area contributed by atoms with Gasteiger partial charge in [0.25, 0.3) is 5.56 Å². The fourth-order valence-corrected chi connectivity index (χ4v) is 3.18. The molecule has 1 aliphatic heterocycles. The molecule has 0 bridgehead atoms. The SMILES string of the molecule is Cn1c(=O)c(-c2noc(C(=O)NCc3ccc4c(c3)OCO4)n2)nn(-c2ccc(F)cc2)c1=O. The van der Waals surface area contributed by atoms with Gasteiger partial charge in [0, 0.05) is 13.6 Å². The van der Waals surface area contributed by atoms with E-state index in [1.165, 1.54) is 19.2 Å². The molecular weight excluding hydrogens is 451 g/mol. The standard InChI is InChI=1S/C21H15FN6O6/c1-27-20(30)16(25-28(21(27)31)13-5-3-12(22)4-6-13)17-24-19(34-26-17)18(29)23-9-11-2-7-14-15(8-11)33-10-32-14/h2-8H,9-10H2,1H3,(H,23,29). The molecule has 12 nitrogen and oxygen atoms in total. The van der Waals surface area contributed by atoms with Gasteiger partial charge in [0.1, 0.15) is 5.82 Å². The second-order valence-electron chi connectivity index (χ2n) is 7.18. The first-order valence-electron chi connectivity index (χ1n) is 9.88. The molecule has 5 rings (SSSR count). The van der Waals surface area contributed by atoms with Gasteiger partial charge in [-0.25, -0.2) is 9.18 Å². The number of nitrogens with zero attached hydrogens (tertiary/aromatic N) is 5. The van der Waals surface area contributed by atoms with Gasteiger partial charge in [-0.3, -0.25) is 14.2 Å². The fourth-order valence-electron chi connectivity index (χ4n) is 3.18. The molecule has 2 aromatic carbocycles. The summed E-state index contributed by atoms with van der Waals surface area (Å²) in [6, 6.07) is 10.2.